The highest BCUT2D eigenvalue weighted by Crippen LogP contribution is 2.30. The summed E-state index contributed by atoms with van der Waals surface area (Å²) in [5, 5.41) is 11.3. The second-order valence-electron chi connectivity index (χ2n) is 6.43. The van der Waals surface area contributed by atoms with Crippen molar-refractivity contribution in [3.8, 4) is 0 Å². The Morgan fingerprint density at radius 1 is 1.27 bits per heavy atom. The van der Waals surface area contributed by atoms with Crippen LogP contribution in [0, 0.1) is 15.9 Å². The molecule has 0 unspecified atom stereocenters. The molecule has 0 fully saturated rings. The highest BCUT2D eigenvalue weighted by Gasteiger charge is 2.30. The molecule has 0 saturated heterocycles. The molecule has 138 valence electrons. The SMILES string of the molecule is CC(C)(C)OC(=O)N(Cc1ccc(F)cc1)c1nc(Cl)ccc1[N+](=O)[O-]. The minimum Gasteiger partial charge on any atom is -0.443 e. The number of nitro groups is 1. The standard InChI is InChI=1S/C17H17ClFN3O4/c1-17(2,3)26-16(23)21(10-11-4-6-12(19)7-5-11)15-13(22(24)25)8-9-14(18)20-15/h4-9H,10H2,1-3H3. The number of carbonyl (C=O) groups excluding carboxylic acids is 1. The molecular weight excluding hydrogens is 365 g/mol. The predicted molar refractivity (Wildman–Crippen MR) is 94.7 cm³/mol. The first-order valence-corrected chi connectivity index (χ1v) is 8.00. The van der Waals surface area contributed by atoms with E-state index in [1.165, 1.54) is 30.3 Å². The van der Waals surface area contributed by atoms with E-state index in [4.69, 9.17) is 16.3 Å². The smallest absolute Gasteiger partial charge is 0.416 e. The van der Waals surface area contributed by atoms with Gasteiger partial charge in [0, 0.05) is 6.07 Å². The van der Waals surface area contributed by atoms with Crippen molar-refractivity contribution in [3.05, 3.63) is 63.0 Å². The highest BCUT2D eigenvalue weighted by molar-refractivity contribution is 6.29. The topological polar surface area (TPSA) is 85.6 Å². The first-order chi connectivity index (χ1) is 12.1. The third-order valence-corrected chi connectivity index (χ3v) is 3.35. The maximum absolute atomic E-state index is 13.1. The van der Waals surface area contributed by atoms with Crippen LogP contribution in [0.25, 0.3) is 0 Å². The fourth-order valence-corrected chi connectivity index (χ4v) is 2.22. The van der Waals surface area contributed by atoms with E-state index in [-0.39, 0.29) is 17.5 Å². The van der Waals surface area contributed by atoms with Crippen LogP contribution < -0.4 is 4.90 Å². The molecular formula is C17H17ClFN3O4. The molecule has 2 rings (SSSR count). The summed E-state index contributed by atoms with van der Waals surface area (Å²) in [5.74, 6) is -0.689. The molecule has 9 heteroatoms. The molecule has 1 heterocycles. The lowest BCUT2D eigenvalue weighted by molar-refractivity contribution is -0.384. The van der Waals surface area contributed by atoms with E-state index in [9.17, 15) is 19.3 Å². The van der Waals surface area contributed by atoms with Crippen molar-refractivity contribution in [1.29, 1.82) is 0 Å². The van der Waals surface area contributed by atoms with Gasteiger partial charge in [0.2, 0.25) is 5.82 Å². The molecule has 0 bridgehead atoms. The van der Waals surface area contributed by atoms with Crippen LogP contribution in [0.1, 0.15) is 26.3 Å². The van der Waals surface area contributed by atoms with Gasteiger partial charge in [-0.1, -0.05) is 23.7 Å². The minimum absolute atomic E-state index is 0.0155. The van der Waals surface area contributed by atoms with E-state index in [2.05, 4.69) is 4.98 Å². The van der Waals surface area contributed by atoms with Crippen LogP contribution in [0.3, 0.4) is 0 Å². The van der Waals surface area contributed by atoms with Crippen molar-refractivity contribution >= 4 is 29.2 Å². The number of halogens is 2. The fraction of sp³-hybridized carbons (Fsp3) is 0.294. The molecule has 0 aliphatic heterocycles. The van der Waals surface area contributed by atoms with Crippen molar-refractivity contribution < 1.29 is 18.8 Å². The number of benzene rings is 1. The van der Waals surface area contributed by atoms with E-state index in [0.29, 0.717) is 5.56 Å². The van der Waals surface area contributed by atoms with Crippen LogP contribution in [-0.4, -0.2) is 21.6 Å². The van der Waals surface area contributed by atoms with Crippen molar-refractivity contribution in [2.24, 2.45) is 0 Å². The minimum atomic E-state index is -0.834. The number of amides is 1. The van der Waals surface area contributed by atoms with Gasteiger partial charge in [-0.25, -0.2) is 14.2 Å². The quantitative estimate of drug-likeness (QED) is 0.434. The fourth-order valence-electron chi connectivity index (χ4n) is 2.07. The Labute approximate surface area is 154 Å². The third kappa shape index (κ3) is 5.13. The van der Waals surface area contributed by atoms with E-state index in [0.717, 1.165) is 11.0 Å². The molecule has 2 aromatic rings. The lowest BCUT2D eigenvalue weighted by Crippen LogP contribution is -2.37. The Kier molecular flexibility index (Phi) is 5.76. The summed E-state index contributed by atoms with van der Waals surface area (Å²) >= 11 is 5.87. The van der Waals surface area contributed by atoms with E-state index >= 15 is 0 Å². The predicted octanol–water partition coefficient (Wildman–Crippen LogP) is 4.72. The third-order valence-electron chi connectivity index (χ3n) is 3.14. The number of aromatic nitrogens is 1. The van der Waals surface area contributed by atoms with Gasteiger partial charge in [0.05, 0.1) is 11.5 Å². The van der Waals surface area contributed by atoms with E-state index in [1.54, 1.807) is 20.8 Å². The van der Waals surface area contributed by atoms with E-state index < -0.39 is 28.1 Å². The second kappa shape index (κ2) is 7.65. The van der Waals surface area contributed by atoms with E-state index in [1.807, 2.05) is 0 Å². The Morgan fingerprint density at radius 2 is 1.88 bits per heavy atom. The van der Waals surface area contributed by atoms with Gasteiger partial charge in [0.25, 0.3) is 0 Å². The summed E-state index contributed by atoms with van der Waals surface area (Å²) < 4.78 is 18.5. The Balaban J connectivity index is 2.49. The van der Waals surface area contributed by atoms with Crippen LogP contribution in [-0.2, 0) is 11.3 Å². The molecule has 0 aliphatic rings. The van der Waals surface area contributed by atoms with Gasteiger partial charge < -0.3 is 4.74 Å². The van der Waals surface area contributed by atoms with Gasteiger partial charge in [0.15, 0.2) is 0 Å². The van der Waals surface area contributed by atoms with Crippen LogP contribution in [0.2, 0.25) is 5.15 Å². The van der Waals surface area contributed by atoms with Gasteiger partial charge >= 0.3 is 11.8 Å². The lowest BCUT2D eigenvalue weighted by Gasteiger charge is -2.26. The summed E-state index contributed by atoms with van der Waals surface area (Å²) in [6.45, 7) is 4.89. The van der Waals surface area contributed by atoms with Gasteiger partial charge in [-0.3, -0.25) is 15.0 Å². The van der Waals surface area contributed by atoms with Crippen LogP contribution in [0.5, 0.6) is 0 Å². The van der Waals surface area contributed by atoms with Crippen LogP contribution >= 0.6 is 11.6 Å². The zero-order chi connectivity index (χ0) is 19.5. The number of anilines is 1. The van der Waals surface area contributed by atoms with Gasteiger partial charge in [0.1, 0.15) is 16.6 Å². The van der Waals surface area contributed by atoms with Gasteiger partial charge in [-0.15, -0.1) is 0 Å². The molecule has 0 saturated carbocycles. The summed E-state index contributed by atoms with van der Waals surface area (Å²) in [6.07, 6.45) is -0.834. The number of ether oxygens (including phenoxy) is 1. The molecule has 0 aliphatic carbocycles. The molecule has 7 nitrogen and oxygen atoms in total. The number of hydrogen-bond acceptors (Lipinski definition) is 5. The zero-order valence-corrected chi connectivity index (χ0v) is 15.2. The molecule has 1 aromatic heterocycles. The monoisotopic (exact) mass is 381 g/mol. The Hall–Kier alpha value is -2.74. The van der Waals surface area contributed by atoms with Crippen molar-refractivity contribution in [1.82, 2.24) is 4.98 Å². The summed E-state index contributed by atoms with van der Waals surface area (Å²) in [5.41, 5.74) is -0.693. The average molecular weight is 382 g/mol. The maximum atomic E-state index is 13.1. The molecule has 0 spiro atoms. The number of carbonyl (C=O) groups is 1. The largest absolute Gasteiger partial charge is 0.443 e. The summed E-state index contributed by atoms with van der Waals surface area (Å²) in [6, 6.07) is 7.79. The first-order valence-electron chi connectivity index (χ1n) is 7.63. The normalized spacial score (nSPS) is 11.1. The number of hydrogen-bond donors (Lipinski definition) is 0. The number of nitrogens with zero attached hydrogens (tertiary/aromatic N) is 3. The molecule has 1 aromatic carbocycles. The molecule has 0 N–H and O–H groups in total. The average Bonchev–Trinajstić information content (AvgIpc) is 2.52. The zero-order valence-electron chi connectivity index (χ0n) is 14.4. The lowest BCUT2D eigenvalue weighted by atomic mass is 10.2. The highest BCUT2D eigenvalue weighted by atomic mass is 35.5. The Bertz CT molecular complexity index is 822. The van der Waals surface area contributed by atoms with Crippen molar-refractivity contribution in [3.63, 3.8) is 0 Å². The summed E-state index contributed by atoms with van der Waals surface area (Å²) in [7, 11) is 0. The number of pyridine rings is 1. The molecule has 26 heavy (non-hydrogen) atoms. The second-order valence-corrected chi connectivity index (χ2v) is 6.81. The maximum Gasteiger partial charge on any atom is 0.416 e. The summed E-state index contributed by atoms with van der Waals surface area (Å²) in [4.78, 5) is 28.2. The van der Waals surface area contributed by atoms with Gasteiger partial charge in [-0.05, 0) is 44.5 Å². The number of rotatable bonds is 4. The first kappa shape index (κ1) is 19.6. The Morgan fingerprint density at radius 3 is 2.42 bits per heavy atom. The van der Waals surface area contributed by atoms with Crippen LogP contribution in [0.4, 0.5) is 20.7 Å². The molecule has 1 amide bonds. The van der Waals surface area contributed by atoms with Gasteiger partial charge in [-0.2, -0.15) is 0 Å². The van der Waals surface area contributed by atoms with Crippen LogP contribution in [0.15, 0.2) is 36.4 Å². The molecule has 0 atom stereocenters. The van der Waals surface area contributed by atoms with Crippen molar-refractivity contribution in [2.75, 3.05) is 4.90 Å². The van der Waals surface area contributed by atoms with Crippen molar-refractivity contribution in [2.45, 2.75) is 32.9 Å². The molecule has 0 radical (unpaired) electrons.